The highest BCUT2D eigenvalue weighted by Crippen LogP contribution is 2.39. The van der Waals surface area contributed by atoms with Crippen molar-refractivity contribution < 1.29 is 23.8 Å². The number of hydrogen-bond donors (Lipinski definition) is 2. The smallest absolute Gasteiger partial charge is 0.435 e. The van der Waals surface area contributed by atoms with Crippen LogP contribution in [-0.4, -0.2) is 34.7 Å². The third kappa shape index (κ3) is 5.92. The zero-order valence-corrected chi connectivity index (χ0v) is 20.3. The number of amides is 1. The van der Waals surface area contributed by atoms with Gasteiger partial charge in [-0.05, 0) is 50.5 Å². The number of benzene rings is 2. The Hall–Kier alpha value is -4.01. The van der Waals surface area contributed by atoms with Gasteiger partial charge in [0.25, 0.3) is 0 Å². The molecule has 9 nitrogen and oxygen atoms in total. The third-order valence-electron chi connectivity index (χ3n) is 5.53. The molecule has 0 radical (unpaired) electrons. The summed E-state index contributed by atoms with van der Waals surface area (Å²) in [6.07, 6.45) is 0.831. The van der Waals surface area contributed by atoms with E-state index in [9.17, 15) is 9.59 Å². The van der Waals surface area contributed by atoms with Gasteiger partial charge >= 0.3 is 12.2 Å². The summed E-state index contributed by atoms with van der Waals surface area (Å²) in [6, 6.07) is 16.4. The Bertz CT molecular complexity index is 1170. The summed E-state index contributed by atoms with van der Waals surface area (Å²) >= 11 is 0. The number of aromatic nitrogens is 2. The van der Waals surface area contributed by atoms with Crippen LogP contribution in [0.25, 0.3) is 0 Å². The normalized spacial score (nSPS) is 17.0. The number of alkyl carbamates (subject to hydrolysis) is 1. The second-order valence-corrected chi connectivity index (χ2v) is 9.30. The molecule has 4 rings (SSSR count). The van der Waals surface area contributed by atoms with E-state index in [-0.39, 0.29) is 12.6 Å². The van der Waals surface area contributed by atoms with E-state index in [2.05, 4.69) is 15.7 Å². The van der Waals surface area contributed by atoms with E-state index in [1.165, 1.54) is 4.68 Å². The number of nitrogens with one attached hydrogen (secondary N) is 2. The molecule has 184 valence electrons. The molecule has 1 aromatic heterocycles. The largest absolute Gasteiger partial charge is 0.497 e. The summed E-state index contributed by atoms with van der Waals surface area (Å²) < 4.78 is 17.4. The number of carbonyl (C=O) groups excluding carboxylic acids is 2. The molecule has 0 bridgehead atoms. The molecule has 2 N–H and O–H groups in total. The van der Waals surface area contributed by atoms with Crippen molar-refractivity contribution in [3.05, 3.63) is 77.6 Å². The van der Waals surface area contributed by atoms with Gasteiger partial charge in [0.1, 0.15) is 18.0 Å². The van der Waals surface area contributed by atoms with Crippen molar-refractivity contribution in [1.29, 1.82) is 0 Å². The highest BCUT2D eigenvalue weighted by molar-refractivity contribution is 5.75. The highest BCUT2D eigenvalue weighted by atomic mass is 16.6. The minimum absolute atomic E-state index is 0.135. The van der Waals surface area contributed by atoms with Gasteiger partial charge in [-0.2, -0.15) is 9.78 Å². The first-order valence-electron chi connectivity index (χ1n) is 11.4. The van der Waals surface area contributed by atoms with Gasteiger partial charge in [0, 0.05) is 0 Å². The van der Waals surface area contributed by atoms with Crippen LogP contribution in [0.5, 0.6) is 5.75 Å². The molecule has 1 amide bonds. The van der Waals surface area contributed by atoms with Gasteiger partial charge < -0.3 is 24.8 Å². The van der Waals surface area contributed by atoms with E-state index >= 15 is 0 Å². The van der Waals surface area contributed by atoms with E-state index in [1.807, 2.05) is 54.6 Å². The van der Waals surface area contributed by atoms with E-state index in [4.69, 9.17) is 14.2 Å². The zero-order chi connectivity index (χ0) is 25.0. The standard InChI is InChI=1S/C26H30N4O5/c1-26(2,3)35-25(32)30-23-21(29-24(31)34-16-17-8-6-5-7-9-17)14-20(28-22(23)15-27-30)18-10-12-19(33-4)13-11-18/h5-13,15,20-21,28H,14,16H2,1-4H3,(H,29,31)/t20-,21-/m0/s1. The molecule has 3 aromatic rings. The molecule has 2 heterocycles. The maximum absolute atomic E-state index is 12.9. The maximum Gasteiger partial charge on any atom is 0.435 e. The first kappa shape index (κ1) is 24.1. The van der Waals surface area contributed by atoms with E-state index < -0.39 is 23.8 Å². The summed E-state index contributed by atoms with van der Waals surface area (Å²) in [5.74, 6) is 0.752. The van der Waals surface area contributed by atoms with Crippen LogP contribution in [-0.2, 0) is 16.1 Å². The Morgan fingerprint density at radius 2 is 1.83 bits per heavy atom. The molecule has 0 aliphatic carbocycles. The summed E-state index contributed by atoms with van der Waals surface area (Å²) in [7, 11) is 1.62. The molecule has 2 atom stereocenters. The minimum Gasteiger partial charge on any atom is -0.497 e. The summed E-state index contributed by atoms with van der Waals surface area (Å²) in [6.45, 7) is 5.50. The molecule has 0 saturated heterocycles. The average molecular weight is 479 g/mol. The van der Waals surface area contributed by atoms with E-state index in [1.54, 1.807) is 34.1 Å². The molecular weight excluding hydrogens is 448 g/mol. The van der Waals surface area contributed by atoms with Crippen molar-refractivity contribution in [3.8, 4) is 5.75 Å². The van der Waals surface area contributed by atoms with E-state index in [0.29, 0.717) is 17.8 Å². The minimum atomic E-state index is -0.693. The van der Waals surface area contributed by atoms with Crippen molar-refractivity contribution >= 4 is 17.9 Å². The van der Waals surface area contributed by atoms with Crippen LogP contribution in [0.3, 0.4) is 0 Å². The molecule has 35 heavy (non-hydrogen) atoms. The first-order chi connectivity index (χ1) is 16.7. The van der Waals surface area contributed by atoms with Crippen LogP contribution in [0.15, 0.2) is 60.8 Å². The van der Waals surface area contributed by atoms with Crippen molar-refractivity contribution in [2.45, 2.75) is 51.5 Å². The van der Waals surface area contributed by atoms with Crippen molar-refractivity contribution in [2.75, 3.05) is 12.4 Å². The topological polar surface area (TPSA) is 104 Å². The lowest BCUT2D eigenvalue weighted by atomic mass is 9.93. The van der Waals surface area contributed by atoms with Crippen molar-refractivity contribution in [1.82, 2.24) is 15.1 Å². The van der Waals surface area contributed by atoms with Crippen LogP contribution in [0.2, 0.25) is 0 Å². The number of anilines is 1. The Labute approximate surface area is 204 Å². The summed E-state index contributed by atoms with van der Waals surface area (Å²) in [4.78, 5) is 25.6. The van der Waals surface area contributed by atoms with Gasteiger partial charge in [-0.1, -0.05) is 42.5 Å². The van der Waals surface area contributed by atoms with Gasteiger partial charge in [-0.15, -0.1) is 0 Å². The number of methoxy groups -OCH3 is 1. The Morgan fingerprint density at radius 3 is 2.49 bits per heavy atom. The van der Waals surface area contributed by atoms with Gasteiger partial charge in [0.15, 0.2) is 0 Å². The lowest BCUT2D eigenvalue weighted by Gasteiger charge is -2.32. The predicted octanol–water partition coefficient (Wildman–Crippen LogP) is 5.20. The quantitative estimate of drug-likeness (QED) is 0.519. The zero-order valence-electron chi connectivity index (χ0n) is 20.3. The Morgan fingerprint density at radius 1 is 1.11 bits per heavy atom. The van der Waals surface area contributed by atoms with Crippen molar-refractivity contribution in [3.63, 3.8) is 0 Å². The van der Waals surface area contributed by atoms with Crippen molar-refractivity contribution in [2.24, 2.45) is 0 Å². The molecule has 0 unspecified atom stereocenters. The molecular formula is C26H30N4O5. The number of rotatable bonds is 5. The fourth-order valence-corrected chi connectivity index (χ4v) is 3.94. The van der Waals surface area contributed by atoms with Gasteiger partial charge in [0.2, 0.25) is 0 Å². The number of nitrogens with zero attached hydrogens (tertiary/aromatic N) is 2. The molecule has 1 aliphatic rings. The number of hydrogen-bond acceptors (Lipinski definition) is 7. The first-order valence-corrected chi connectivity index (χ1v) is 11.4. The number of fused-ring (bicyclic) bond motifs is 1. The van der Waals surface area contributed by atoms with Gasteiger partial charge in [0.05, 0.1) is 36.8 Å². The van der Waals surface area contributed by atoms with Crippen LogP contribution < -0.4 is 15.4 Å². The average Bonchev–Trinajstić information content (AvgIpc) is 3.27. The molecule has 0 saturated carbocycles. The summed E-state index contributed by atoms with van der Waals surface area (Å²) in [5.41, 5.74) is 2.34. The fourth-order valence-electron chi connectivity index (χ4n) is 3.94. The maximum atomic E-state index is 12.9. The van der Waals surface area contributed by atoms with E-state index in [0.717, 1.165) is 16.9 Å². The Balaban J connectivity index is 1.58. The number of ether oxygens (including phenoxy) is 3. The second-order valence-electron chi connectivity index (χ2n) is 9.30. The second kappa shape index (κ2) is 10.1. The van der Waals surface area contributed by atoms with Crippen LogP contribution >= 0.6 is 0 Å². The monoisotopic (exact) mass is 478 g/mol. The SMILES string of the molecule is COc1ccc([C@@H]2C[C@H](NC(=O)OCc3ccccc3)c3c(cnn3C(=O)OC(C)(C)C)N2)cc1. The van der Waals surface area contributed by atoms with Crippen LogP contribution in [0.4, 0.5) is 15.3 Å². The summed E-state index contributed by atoms with van der Waals surface area (Å²) in [5, 5.41) is 10.6. The lowest BCUT2D eigenvalue weighted by molar-refractivity contribution is 0.0504. The molecule has 2 aromatic carbocycles. The Kier molecular flexibility index (Phi) is 6.95. The van der Waals surface area contributed by atoms with Gasteiger partial charge in [-0.25, -0.2) is 9.59 Å². The molecule has 0 fully saturated rings. The number of carbonyl (C=O) groups is 2. The van der Waals surface area contributed by atoms with Crippen LogP contribution in [0, 0.1) is 0 Å². The van der Waals surface area contributed by atoms with Gasteiger partial charge in [-0.3, -0.25) is 0 Å². The third-order valence-corrected chi connectivity index (χ3v) is 5.53. The van der Waals surface area contributed by atoms with Crippen LogP contribution in [0.1, 0.15) is 56.1 Å². The molecule has 9 heteroatoms. The fraction of sp³-hybridized carbons (Fsp3) is 0.346. The molecule has 1 aliphatic heterocycles. The molecule has 0 spiro atoms. The predicted molar refractivity (Wildman–Crippen MR) is 130 cm³/mol. The lowest BCUT2D eigenvalue weighted by Crippen LogP contribution is -2.37. The highest BCUT2D eigenvalue weighted by Gasteiger charge is 2.35.